The Morgan fingerprint density at radius 1 is 1.39 bits per heavy atom. The zero-order valence-corrected chi connectivity index (χ0v) is 11.5. The molecule has 2 N–H and O–H groups in total. The van der Waals surface area contributed by atoms with Crippen LogP contribution in [0, 0.1) is 6.92 Å². The van der Waals surface area contributed by atoms with E-state index in [2.05, 4.69) is 10.6 Å². The lowest BCUT2D eigenvalue weighted by Gasteiger charge is -2.24. The molecule has 0 aromatic heterocycles. The summed E-state index contributed by atoms with van der Waals surface area (Å²) in [6, 6.07) is 7.74. The van der Waals surface area contributed by atoms with Gasteiger partial charge in [-0.3, -0.25) is 4.79 Å². The van der Waals surface area contributed by atoms with Gasteiger partial charge >= 0.3 is 0 Å². The molecular formula is C14H22N2O2. The minimum Gasteiger partial charge on any atom is -0.383 e. The number of amides is 1. The summed E-state index contributed by atoms with van der Waals surface area (Å²) < 4.78 is 5.08. The molecular weight excluding hydrogens is 228 g/mol. The smallest absolute Gasteiger partial charge is 0.238 e. The van der Waals surface area contributed by atoms with Crippen LogP contribution in [0.3, 0.4) is 0 Å². The Hall–Kier alpha value is -1.39. The molecule has 0 heterocycles. The van der Waals surface area contributed by atoms with E-state index in [-0.39, 0.29) is 18.0 Å². The fourth-order valence-electron chi connectivity index (χ4n) is 1.66. The Morgan fingerprint density at radius 2 is 2.11 bits per heavy atom. The molecule has 1 rings (SSSR count). The van der Waals surface area contributed by atoms with Crippen LogP contribution in [0.4, 0.5) is 5.69 Å². The lowest BCUT2D eigenvalue weighted by Crippen LogP contribution is -2.46. The molecule has 0 atom stereocenters. The number of aryl methyl sites for hydroxylation is 1. The van der Waals surface area contributed by atoms with Gasteiger partial charge in [0.15, 0.2) is 0 Å². The highest BCUT2D eigenvalue weighted by atomic mass is 16.5. The number of rotatable bonds is 6. The summed E-state index contributed by atoms with van der Waals surface area (Å²) in [5, 5.41) is 6.01. The Labute approximate surface area is 109 Å². The minimum atomic E-state index is -0.210. The third-order valence-corrected chi connectivity index (χ3v) is 2.53. The number of anilines is 1. The number of carbonyl (C=O) groups is 1. The maximum atomic E-state index is 11.8. The molecule has 1 aromatic carbocycles. The van der Waals surface area contributed by atoms with Gasteiger partial charge in [-0.05, 0) is 38.5 Å². The van der Waals surface area contributed by atoms with Crippen LogP contribution in [0.25, 0.3) is 0 Å². The summed E-state index contributed by atoms with van der Waals surface area (Å²) in [7, 11) is 1.65. The van der Waals surface area contributed by atoms with Crippen LogP contribution in [-0.2, 0) is 9.53 Å². The second-order valence-electron chi connectivity index (χ2n) is 5.09. The molecule has 0 fully saturated rings. The first kappa shape index (κ1) is 14.7. The maximum absolute atomic E-state index is 11.8. The highest BCUT2D eigenvalue weighted by Crippen LogP contribution is 2.09. The lowest BCUT2D eigenvalue weighted by molar-refractivity contribution is -0.115. The van der Waals surface area contributed by atoms with Crippen LogP contribution in [-0.4, -0.2) is 31.7 Å². The fourth-order valence-corrected chi connectivity index (χ4v) is 1.66. The van der Waals surface area contributed by atoms with Gasteiger partial charge in [-0.2, -0.15) is 0 Å². The fraction of sp³-hybridized carbons (Fsp3) is 0.500. The van der Waals surface area contributed by atoms with Gasteiger partial charge in [-0.1, -0.05) is 12.1 Å². The van der Waals surface area contributed by atoms with E-state index in [9.17, 15) is 4.79 Å². The van der Waals surface area contributed by atoms with Crippen LogP contribution >= 0.6 is 0 Å². The van der Waals surface area contributed by atoms with Gasteiger partial charge in [-0.15, -0.1) is 0 Å². The molecule has 0 aliphatic carbocycles. The first-order valence-corrected chi connectivity index (χ1v) is 6.03. The van der Waals surface area contributed by atoms with E-state index in [1.165, 1.54) is 0 Å². The number of benzene rings is 1. The highest BCUT2D eigenvalue weighted by Gasteiger charge is 2.17. The van der Waals surface area contributed by atoms with Crippen molar-refractivity contribution in [2.45, 2.75) is 26.3 Å². The second-order valence-corrected chi connectivity index (χ2v) is 5.09. The molecule has 1 amide bonds. The van der Waals surface area contributed by atoms with Crippen molar-refractivity contribution in [2.75, 3.05) is 25.6 Å². The Morgan fingerprint density at radius 3 is 2.72 bits per heavy atom. The molecule has 18 heavy (non-hydrogen) atoms. The first-order chi connectivity index (χ1) is 8.43. The standard InChI is InChI=1S/C14H22N2O2/c1-11-6-5-7-12(8-11)16-13(17)9-15-14(2,3)10-18-4/h5-8,15H,9-10H2,1-4H3,(H,16,17). The van der Waals surface area contributed by atoms with Gasteiger partial charge in [0.1, 0.15) is 0 Å². The Bertz CT molecular complexity index is 403. The molecule has 0 spiro atoms. The van der Waals surface area contributed by atoms with Gasteiger partial charge in [0.05, 0.1) is 13.2 Å². The van der Waals surface area contributed by atoms with E-state index in [4.69, 9.17) is 4.74 Å². The zero-order chi connectivity index (χ0) is 13.6. The van der Waals surface area contributed by atoms with Crippen LogP contribution in [0.2, 0.25) is 0 Å². The number of carbonyl (C=O) groups excluding carboxylic acids is 1. The second kappa shape index (κ2) is 6.52. The van der Waals surface area contributed by atoms with Gasteiger partial charge < -0.3 is 15.4 Å². The predicted molar refractivity (Wildman–Crippen MR) is 73.8 cm³/mol. The number of nitrogens with one attached hydrogen (secondary N) is 2. The van der Waals surface area contributed by atoms with Gasteiger partial charge in [-0.25, -0.2) is 0 Å². The largest absolute Gasteiger partial charge is 0.383 e. The van der Waals surface area contributed by atoms with Crippen molar-refractivity contribution in [1.82, 2.24) is 5.32 Å². The van der Waals surface area contributed by atoms with Crippen LogP contribution in [0.1, 0.15) is 19.4 Å². The molecule has 0 saturated heterocycles. The molecule has 1 aromatic rings. The van der Waals surface area contributed by atoms with Crippen molar-refractivity contribution in [1.29, 1.82) is 0 Å². The van der Waals surface area contributed by atoms with E-state index in [1.807, 2.05) is 45.0 Å². The van der Waals surface area contributed by atoms with E-state index in [1.54, 1.807) is 7.11 Å². The summed E-state index contributed by atoms with van der Waals surface area (Å²) in [4.78, 5) is 11.8. The predicted octanol–water partition coefficient (Wildman–Crippen LogP) is 1.95. The summed E-state index contributed by atoms with van der Waals surface area (Å²) in [5.74, 6) is -0.0511. The summed E-state index contributed by atoms with van der Waals surface area (Å²) in [6.45, 7) is 6.82. The number of hydrogen-bond acceptors (Lipinski definition) is 3. The molecule has 0 aliphatic heterocycles. The number of methoxy groups -OCH3 is 1. The number of hydrogen-bond donors (Lipinski definition) is 2. The quantitative estimate of drug-likeness (QED) is 0.811. The third kappa shape index (κ3) is 5.29. The third-order valence-electron chi connectivity index (χ3n) is 2.53. The van der Waals surface area contributed by atoms with Crippen molar-refractivity contribution in [3.63, 3.8) is 0 Å². The lowest BCUT2D eigenvalue weighted by atomic mass is 10.1. The van der Waals surface area contributed by atoms with Crippen molar-refractivity contribution < 1.29 is 9.53 Å². The molecule has 0 radical (unpaired) electrons. The Kier molecular flexibility index (Phi) is 5.31. The van der Waals surface area contributed by atoms with E-state index >= 15 is 0 Å². The van der Waals surface area contributed by atoms with Gasteiger partial charge in [0.25, 0.3) is 0 Å². The summed E-state index contributed by atoms with van der Waals surface area (Å²) >= 11 is 0. The van der Waals surface area contributed by atoms with Crippen molar-refractivity contribution >= 4 is 11.6 Å². The molecule has 0 aliphatic rings. The van der Waals surface area contributed by atoms with Gasteiger partial charge in [0.2, 0.25) is 5.91 Å². The molecule has 0 unspecified atom stereocenters. The SMILES string of the molecule is COCC(C)(C)NCC(=O)Nc1cccc(C)c1. The van der Waals surface area contributed by atoms with Crippen molar-refractivity contribution in [3.8, 4) is 0 Å². The van der Waals surface area contributed by atoms with E-state index in [0.29, 0.717) is 6.61 Å². The zero-order valence-electron chi connectivity index (χ0n) is 11.5. The maximum Gasteiger partial charge on any atom is 0.238 e. The average Bonchev–Trinajstić information content (AvgIpc) is 2.26. The Balaban J connectivity index is 2.43. The molecule has 4 heteroatoms. The van der Waals surface area contributed by atoms with E-state index < -0.39 is 0 Å². The minimum absolute atomic E-state index is 0.0511. The first-order valence-electron chi connectivity index (χ1n) is 6.03. The normalized spacial score (nSPS) is 11.3. The van der Waals surface area contributed by atoms with E-state index in [0.717, 1.165) is 11.3 Å². The number of ether oxygens (including phenoxy) is 1. The topological polar surface area (TPSA) is 50.4 Å². The molecule has 0 bridgehead atoms. The van der Waals surface area contributed by atoms with Crippen LogP contribution < -0.4 is 10.6 Å². The summed E-state index contributed by atoms with van der Waals surface area (Å²) in [5.41, 5.74) is 1.74. The average molecular weight is 250 g/mol. The monoisotopic (exact) mass is 250 g/mol. The van der Waals surface area contributed by atoms with Gasteiger partial charge in [0, 0.05) is 18.3 Å². The molecule has 100 valence electrons. The van der Waals surface area contributed by atoms with Crippen molar-refractivity contribution in [3.05, 3.63) is 29.8 Å². The molecule has 0 saturated carbocycles. The summed E-state index contributed by atoms with van der Waals surface area (Å²) in [6.07, 6.45) is 0. The highest BCUT2D eigenvalue weighted by molar-refractivity contribution is 5.92. The van der Waals surface area contributed by atoms with Crippen LogP contribution in [0.15, 0.2) is 24.3 Å². The van der Waals surface area contributed by atoms with Crippen LogP contribution in [0.5, 0.6) is 0 Å². The van der Waals surface area contributed by atoms with Crippen molar-refractivity contribution in [2.24, 2.45) is 0 Å². The molecule has 4 nitrogen and oxygen atoms in total.